The smallest absolute Gasteiger partial charge is 0.0575 e. The normalized spacial score (nSPS) is 25.8. The van der Waals surface area contributed by atoms with Crippen LogP contribution >= 0.6 is 0 Å². The fourth-order valence-corrected chi connectivity index (χ4v) is 1.57. The van der Waals surface area contributed by atoms with Gasteiger partial charge in [-0.1, -0.05) is 0 Å². The molecular weight excluding hydrogens is 150 g/mol. The van der Waals surface area contributed by atoms with Crippen molar-refractivity contribution in [2.75, 3.05) is 6.61 Å². The van der Waals surface area contributed by atoms with E-state index in [1.165, 1.54) is 19.3 Å². The van der Waals surface area contributed by atoms with E-state index >= 15 is 0 Å². The first-order chi connectivity index (χ1) is 5.58. The predicted molar refractivity (Wildman–Crippen MR) is 51.1 cm³/mol. The Kier molecular flexibility index (Phi) is 3.53. The Labute approximate surface area is 75.5 Å². The summed E-state index contributed by atoms with van der Waals surface area (Å²) in [6.45, 7) is 5.11. The largest absolute Gasteiger partial charge is 0.378 e. The third kappa shape index (κ3) is 4.07. The van der Waals surface area contributed by atoms with Crippen LogP contribution in [0.4, 0.5) is 0 Å². The van der Waals surface area contributed by atoms with E-state index in [0.29, 0.717) is 6.10 Å². The molecule has 2 N–H and O–H groups in total. The van der Waals surface area contributed by atoms with Crippen LogP contribution in [0.15, 0.2) is 0 Å². The van der Waals surface area contributed by atoms with Crippen molar-refractivity contribution in [2.24, 2.45) is 5.73 Å². The molecule has 0 aromatic rings. The molecule has 0 saturated carbocycles. The van der Waals surface area contributed by atoms with E-state index in [1.54, 1.807) is 0 Å². The van der Waals surface area contributed by atoms with E-state index in [2.05, 4.69) is 13.8 Å². The lowest BCUT2D eigenvalue weighted by Gasteiger charge is -2.26. The molecule has 1 saturated heterocycles. The van der Waals surface area contributed by atoms with Crippen molar-refractivity contribution in [3.05, 3.63) is 0 Å². The van der Waals surface area contributed by atoms with Gasteiger partial charge < -0.3 is 10.5 Å². The van der Waals surface area contributed by atoms with Crippen molar-refractivity contribution in [2.45, 2.75) is 57.6 Å². The molecule has 1 aliphatic heterocycles. The van der Waals surface area contributed by atoms with Crippen molar-refractivity contribution < 1.29 is 4.74 Å². The van der Waals surface area contributed by atoms with E-state index in [-0.39, 0.29) is 5.54 Å². The zero-order valence-electron chi connectivity index (χ0n) is 8.31. The number of nitrogens with two attached hydrogens (primary N) is 1. The second-order valence-corrected chi connectivity index (χ2v) is 4.52. The summed E-state index contributed by atoms with van der Waals surface area (Å²) >= 11 is 0. The van der Waals surface area contributed by atoms with Crippen LogP contribution in [0.25, 0.3) is 0 Å². The Morgan fingerprint density at radius 2 is 2.17 bits per heavy atom. The standard InChI is InChI=1S/C10H21NO/c1-10(2,11)7-6-9-5-3-4-8-12-9/h9H,3-8,11H2,1-2H3. The number of ether oxygens (including phenoxy) is 1. The SMILES string of the molecule is CC(C)(N)CCC1CCCCO1. The van der Waals surface area contributed by atoms with Gasteiger partial charge in [0, 0.05) is 12.1 Å². The lowest BCUT2D eigenvalue weighted by atomic mass is 9.95. The van der Waals surface area contributed by atoms with Gasteiger partial charge in [0.2, 0.25) is 0 Å². The highest BCUT2D eigenvalue weighted by atomic mass is 16.5. The third-order valence-electron chi connectivity index (χ3n) is 2.38. The van der Waals surface area contributed by atoms with Gasteiger partial charge in [0.25, 0.3) is 0 Å². The van der Waals surface area contributed by atoms with Gasteiger partial charge in [-0.05, 0) is 46.0 Å². The molecule has 0 aromatic carbocycles. The number of rotatable bonds is 3. The summed E-state index contributed by atoms with van der Waals surface area (Å²) in [5.41, 5.74) is 5.87. The molecule has 0 amide bonds. The summed E-state index contributed by atoms with van der Waals surface area (Å²) in [5.74, 6) is 0. The Morgan fingerprint density at radius 3 is 2.67 bits per heavy atom. The molecule has 1 unspecified atom stereocenters. The second-order valence-electron chi connectivity index (χ2n) is 4.52. The molecule has 0 bridgehead atoms. The van der Waals surface area contributed by atoms with Crippen molar-refractivity contribution in [1.82, 2.24) is 0 Å². The van der Waals surface area contributed by atoms with Gasteiger partial charge in [-0.25, -0.2) is 0 Å². The van der Waals surface area contributed by atoms with Crippen molar-refractivity contribution in [1.29, 1.82) is 0 Å². The van der Waals surface area contributed by atoms with Crippen LogP contribution in [-0.4, -0.2) is 18.2 Å². The summed E-state index contributed by atoms with van der Waals surface area (Å²) < 4.78 is 5.62. The molecule has 1 rings (SSSR count). The highest BCUT2D eigenvalue weighted by molar-refractivity contribution is 4.75. The topological polar surface area (TPSA) is 35.2 Å². The molecule has 0 radical (unpaired) electrons. The quantitative estimate of drug-likeness (QED) is 0.705. The average Bonchev–Trinajstić information content (AvgIpc) is 2.02. The minimum Gasteiger partial charge on any atom is -0.378 e. The Hall–Kier alpha value is -0.0800. The molecule has 12 heavy (non-hydrogen) atoms. The minimum absolute atomic E-state index is 0.0270. The molecular formula is C10H21NO. The fraction of sp³-hybridized carbons (Fsp3) is 1.00. The van der Waals surface area contributed by atoms with Crippen molar-refractivity contribution in [3.63, 3.8) is 0 Å². The second kappa shape index (κ2) is 4.24. The Balaban J connectivity index is 2.13. The molecule has 0 spiro atoms. The maximum absolute atomic E-state index is 5.90. The van der Waals surface area contributed by atoms with E-state index in [1.807, 2.05) is 0 Å². The number of hydrogen-bond donors (Lipinski definition) is 1. The van der Waals surface area contributed by atoms with Gasteiger partial charge >= 0.3 is 0 Å². The van der Waals surface area contributed by atoms with Gasteiger partial charge in [0.1, 0.15) is 0 Å². The van der Waals surface area contributed by atoms with E-state index < -0.39 is 0 Å². The molecule has 0 aromatic heterocycles. The van der Waals surface area contributed by atoms with Crippen LogP contribution < -0.4 is 5.73 Å². The molecule has 1 fully saturated rings. The summed E-state index contributed by atoms with van der Waals surface area (Å²) in [7, 11) is 0. The van der Waals surface area contributed by atoms with Gasteiger partial charge in [-0.3, -0.25) is 0 Å². The molecule has 72 valence electrons. The highest BCUT2D eigenvalue weighted by Crippen LogP contribution is 2.19. The summed E-state index contributed by atoms with van der Waals surface area (Å²) in [6, 6.07) is 0. The molecule has 2 nitrogen and oxygen atoms in total. The first-order valence-corrected chi connectivity index (χ1v) is 4.98. The highest BCUT2D eigenvalue weighted by Gasteiger charge is 2.17. The van der Waals surface area contributed by atoms with Crippen LogP contribution in [0, 0.1) is 0 Å². The van der Waals surface area contributed by atoms with Crippen LogP contribution in [-0.2, 0) is 4.74 Å². The Morgan fingerprint density at radius 1 is 1.42 bits per heavy atom. The molecule has 2 heteroatoms. The molecule has 1 atom stereocenters. The maximum atomic E-state index is 5.90. The third-order valence-corrected chi connectivity index (χ3v) is 2.38. The van der Waals surface area contributed by atoms with Crippen molar-refractivity contribution >= 4 is 0 Å². The van der Waals surface area contributed by atoms with Crippen LogP contribution in [0.2, 0.25) is 0 Å². The Bertz CT molecular complexity index is 122. The summed E-state index contributed by atoms with van der Waals surface area (Å²) in [5, 5.41) is 0. The summed E-state index contributed by atoms with van der Waals surface area (Å²) in [6.07, 6.45) is 6.48. The first-order valence-electron chi connectivity index (χ1n) is 4.98. The van der Waals surface area contributed by atoms with E-state index in [4.69, 9.17) is 10.5 Å². The zero-order chi connectivity index (χ0) is 9.03. The van der Waals surface area contributed by atoms with E-state index in [9.17, 15) is 0 Å². The molecule has 0 aliphatic carbocycles. The van der Waals surface area contributed by atoms with Gasteiger partial charge in [-0.2, -0.15) is 0 Å². The maximum Gasteiger partial charge on any atom is 0.0575 e. The fourth-order valence-electron chi connectivity index (χ4n) is 1.57. The summed E-state index contributed by atoms with van der Waals surface area (Å²) in [4.78, 5) is 0. The van der Waals surface area contributed by atoms with E-state index in [0.717, 1.165) is 19.4 Å². The lowest BCUT2D eigenvalue weighted by molar-refractivity contribution is 0.00744. The van der Waals surface area contributed by atoms with Gasteiger partial charge in [0.15, 0.2) is 0 Å². The number of hydrogen-bond acceptors (Lipinski definition) is 2. The van der Waals surface area contributed by atoms with Gasteiger partial charge in [-0.15, -0.1) is 0 Å². The monoisotopic (exact) mass is 171 g/mol. The first kappa shape index (κ1) is 10.0. The zero-order valence-corrected chi connectivity index (χ0v) is 8.31. The molecule has 1 heterocycles. The van der Waals surface area contributed by atoms with Gasteiger partial charge in [0.05, 0.1) is 6.10 Å². The van der Waals surface area contributed by atoms with Crippen molar-refractivity contribution in [3.8, 4) is 0 Å². The van der Waals surface area contributed by atoms with Crippen LogP contribution in [0.5, 0.6) is 0 Å². The van der Waals surface area contributed by atoms with Crippen LogP contribution in [0.1, 0.15) is 46.0 Å². The predicted octanol–water partition coefficient (Wildman–Crippen LogP) is 2.07. The lowest BCUT2D eigenvalue weighted by Crippen LogP contribution is -2.33. The average molecular weight is 171 g/mol. The minimum atomic E-state index is -0.0270. The van der Waals surface area contributed by atoms with Crippen LogP contribution in [0.3, 0.4) is 0 Å². The molecule has 1 aliphatic rings.